The molecule has 2 aromatic heterocycles. The highest BCUT2D eigenvalue weighted by atomic mass is 35.5. The van der Waals surface area contributed by atoms with E-state index >= 15 is 0 Å². The number of carbonyl (C=O) groups excluding carboxylic acids is 1. The first-order valence-electron chi connectivity index (χ1n) is 12.7. The zero-order valence-corrected chi connectivity index (χ0v) is 22.0. The van der Waals surface area contributed by atoms with E-state index in [4.69, 9.17) is 11.6 Å². The Bertz CT molecular complexity index is 1430. The van der Waals surface area contributed by atoms with Crippen LogP contribution in [0.3, 0.4) is 0 Å². The number of carboxylic acid groups (broad SMARTS) is 1. The number of halogens is 1. The molecule has 0 spiro atoms. The SMILES string of the molecule is Cc1c[nH]c2ncc(-c3ccccc3)c(N3CCN(C(=O)CCN(Cc4ccc(Cl)cc4)C(=O)O)CC3)c12. The summed E-state index contributed by atoms with van der Waals surface area (Å²) < 4.78 is 0. The molecule has 1 saturated heterocycles. The molecule has 0 saturated carbocycles. The minimum atomic E-state index is -1.05. The number of rotatable bonds is 7. The molecule has 1 aliphatic rings. The number of piperazine rings is 1. The third-order valence-corrected chi connectivity index (χ3v) is 7.31. The summed E-state index contributed by atoms with van der Waals surface area (Å²) in [4.78, 5) is 38.2. The molecule has 2 aromatic carbocycles. The lowest BCUT2D eigenvalue weighted by Crippen LogP contribution is -2.49. The van der Waals surface area contributed by atoms with Gasteiger partial charge in [0.2, 0.25) is 5.91 Å². The molecule has 5 rings (SSSR count). The minimum Gasteiger partial charge on any atom is -0.465 e. The van der Waals surface area contributed by atoms with Crippen LogP contribution in [0.2, 0.25) is 5.02 Å². The average molecular weight is 532 g/mol. The van der Waals surface area contributed by atoms with Crippen molar-refractivity contribution in [2.24, 2.45) is 0 Å². The number of amides is 2. The standard InChI is InChI=1S/C29H30ClN5O3/c1-20-17-31-28-26(20)27(24(18-32-28)22-5-3-2-4-6-22)34-15-13-33(14-16-34)25(36)11-12-35(29(37)38)19-21-7-9-23(30)10-8-21/h2-10,17-18H,11-16,19H2,1H3,(H,31,32)(H,37,38). The molecule has 0 atom stereocenters. The zero-order valence-electron chi connectivity index (χ0n) is 21.2. The van der Waals surface area contributed by atoms with Gasteiger partial charge in [0, 0.05) is 74.1 Å². The zero-order chi connectivity index (χ0) is 26.6. The lowest BCUT2D eigenvalue weighted by atomic mass is 10.0. The van der Waals surface area contributed by atoms with Gasteiger partial charge in [-0.15, -0.1) is 0 Å². The van der Waals surface area contributed by atoms with Gasteiger partial charge in [-0.25, -0.2) is 9.78 Å². The number of fused-ring (bicyclic) bond motifs is 1. The lowest BCUT2D eigenvalue weighted by molar-refractivity contribution is -0.131. The molecule has 2 N–H and O–H groups in total. The first-order valence-corrected chi connectivity index (χ1v) is 13.1. The summed E-state index contributed by atoms with van der Waals surface area (Å²) in [5.74, 6) is -0.0343. The number of hydrogen-bond donors (Lipinski definition) is 2. The third-order valence-electron chi connectivity index (χ3n) is 7.06. The van der Waals surface area contributed by atoms with Gasteiger partial charge >= 0.3 is 6.09 Å². The van der Waals surface area contributed by atoms with Crippen LogP contribution >= 0.6 is 11.6 Å². The Morgan fingerprint density at radius 1 is 1.05 bits per heavy atom. The van der Waals surface area contributed by atoms with Crippen molar-refractivity contribution >= 4 is 40.3 Å². The van der Waals surface area contributed by atoms with Crippen LogP contribution in [0.1, 0.15) is 17.5 Å². The summed E-state index contributed by atoms with van der Waals surface area (Å²) in [6, 6.07) is 17.3. The summed E-state index contributed by atoms with van der Waals surface area (Å²) >= 11 is 5.93. The van der Waals surface area contributed by atoms with Gasteiger partial charge < -0.3 is 24.8 Å². The Balaban J connectivity index is 1.26. The Labute approximate surface area is 226 Å². The Hall–Kier alpha value is -4.04. The van der Waals surface area contributed by atoms with E-state index < -0.39 is 6.09 Å². The van der Waals surface area contributed by atoms with Crippen LogP contribution in [0.4, 0.5) is 10.5 Å². The fourth-order valence-electron chi connectivity index (χ4n) is 5.01. The second kappa shape index (κ2) is 11.1. The Morgan fingerprint density at radius 2 is 1.76 bits per heavy atom. The van der Waals surface area contributed by atoms with E-state index in [9.17, 15) is 14.7 Å². The van der Waals surface area contributed by atoms with Crippen molar-refractivity contribution in [2.45, 2.75) is 19.9 Å². The first kappa shape index (κ1) is 25.6. The van der Waals surface area contributed by atoms with E-state index in [0.717, 1.165) is 39.0 Å². The van der Waals surface area contributed by atoms with Gasteiger partial charge in [0.15, 0.2) is 0 Å². The topological polar surface area (TPSA) is 92.8 Å². The molecule has 4 aromatic rings. The molecule has 38 heavy (non-hydrogen) atoms. The first-order chi connectivity index (χ1) is 18.4. The van der Waals surface area contributed by atoms with Crippen LogP contribution in [-0.2, 0) is 11.3 Å². The maximum Gasteiger partial charge on any atom is 0.407 e. The molecule has 9 heteroatoms. The van der Waals surface area contributed by atoms with Crippen molar-refractivity contribution in [1.29, 1.82) is 0 Å². The maximum absolute atomic E-state index is 13.0. The number of nitrogens with one attached hydrogen (secondary N) is 1. The largest absolute Gasteiger partial charge is 0.465 e. The minimum absolute atomic E-state index is 0.0343. The van der Waals surface area contributed by atoms with E-state index in [2.05, 4.69) is 33.9 Å². The van der Waals surface area contributed by atoms with E-state index in [0.29, 0.717) is 31.2 Å². The maximum atomic E-state index is 13.0. The summed E-state index contributed by atoms with van der Waals surface area (Å²) in [7, 11) is 0. The molecule has 2 amide bonds. The van der Waals surface area contributed by atoms with Crippen LogP contribution < -0.4 is 4.90 Å². The quantitative estimate of drug-likeness (QED) is 0.332. The predicted molar refractivity (Wildman–Crippen MR) is 150 cm³/mol. The number of H-pyrrole nitrogens is 1. The highest BCUT2D eigenvalue weighted by Gasteiger charge is 2.26. The van der Waals surface area contributed by atoms with Gasteiger partial charge in [-0.1, -0.05) is 54.1 Å². The number of aromatic amines is 1. The molecule has 1 aliphatic heterocycles. The van der Waals surface area contributed by atoms with Crippen molar-refractivity contribution in [1.82, 2.24) is 19.8 Å². The van der Waals surface area contributed by atoms with Crippen LogP contribution in [-0.4, -0.2) is 69.6 Å². The Morgan fingerprint density at radius 3 is 2.45 bits per heavy atom. The van der Waals surface area contributed by atoms with E-state index in [-0.39, 0.29) is 25.4 Å². The molecular formula is C29H30ClN5O3. The number of aromatic nitrogens is 2. The van der Waals surface area contributed by atoms with Gasteiger partial charge in [-0.2, -0.15) is 0 Å². The van der Waals surface area contributed by atoms with Gasteiger partial charge in [0.05, 0.1) is 5.69 Å². The van der Waals surface area contributed by atoms with Gasteiger partial charge in [-0.05, 0) is 35.7 Å². The molecular weight excluding hydrogens is 502 g/mol. The number of benzene rings is 2. The molecule has 0 bridgehead atoms. The highest BCUT2D eigenvalue weighted by molar-refractivity contribution is 6.30. The van der Waals surface area contributed by atoms with Crippen molar-refractivity contribution in [3.63, 3.8) is 0 Å². The molecule has 1 fully saturated rings. The Kier molecular flexibility index (Phi) is 7.51. The number of aryl methyl sites for hydroxylation is 1. The van der Waals surface area contributed by atoms with Crippen molar-refractivity contribution in [2.75, 3.05) is 37.6 Å². The van der Waals surface area contributed by atoms with E-state index in [1.54, 1.807) is 24.3 Å². The summed E-state index contributed by atoms with van der Waals surface area (Å²) in [6.07, 6.45) is 3.00. The highest BCUT2D eigenvalue weighted by Crippen LogP contribution is 2.38. The molecule has 8 nitrogen and oxygen atoms in total. The predicted octanol–water partition coefficient (Wildman–Crippen LogP) is 5.41. The third kappa shape index (κ3) is 5.45. The van der Waals surface area contributed by atoms with E-state index in [1.165, 1.54) is 4.90 Å². The number of hydrogen-bond acceptors (Lipinski definition) is 4. The van der Waals surface area contributed by atoms with Crippen LogP contribution in [0.5, 0.6) is 0 Å². The fraction of sp³-hybridized carbons (Fsp3) is 0.276. The normalized spacial score (nSPS) is 13.6. The summed E-state index contributed by atoms with van der Waals surface area (Å²) in [5.41, 5.74) is 6.12. The van der Waals surface area contributed by atoms with Gasteiger partial charge in [0.1, 0.15) is 5.65 Å². The van der Waals surface area contributed by atoms with Crippen LogP contribution in [0.15, 0.2) is 67.0 Å². The summed E-state index contributed by atoms with van der Waals surface area (Å²) in [6.45, 7) is 4.95. The number of nitrogens with zero attached hydrogens (tertiary/aromatic N) is 4. The van der Waals surface area contributed by atoms with Crippen molar-refractivity contribution in [3.8, 4) is 11.1 Å². The molecule has 0 unspecified atom stereocenters. The molecule has 196 valence electrons. The monoisotopic (exact) mass is 531 g/mol. The van der Waals surface area contributed by atoms with Gasteiger partial charge in [0.25, 0.3) is 0 Å². The molecule has 0 radical (unpaired) electrons. The fourth-order valence-corrected chi connectivity index (χ4v) is 5.14. The van der Waals surface area contributed by atoms with Gasteiger partial charge in [-0.3, -0.25) is 4.79 Å². The smallest absolute Gasteiger partial charge is 0.407 e. The average Bonchev–Trinajstić information content (AvgIpc) is 3.32. The second-order valence-corrected chi connectivity index (χ2v) is 9.97. The second-order valence-electron chi connectivity index (χ2n) is 9.53. The van der Waals surface area contributed by atoms with E-state index in [1.807, 2.05) is 35.5 Å². The number of anilines is 1. The number of pyridine rings is 1. The van der Waals surface area contributed by atoms with Crippen molar-refractivity contribution < 1.29 is 14.7 Å². The van der Waals surface area contributed by atoms with Crippen molar-refractivity contribution in [3.05, 3.63) is 83.1 Å². The van der Waals surface area contributed by atoms with Crippen LogP contribution in [0.25, 0.3) is 22.2 Å². The molecule has 3 heterocycles. The molecule has 0 aliphatic carbocycles. The summed E-state index contributed by atoms with van der Waals surface area (Å²) in [5, 5.41) is 11.3. The number of carbonyl (C=O) groups is 2. The van der Waals surface area contributed by atoms with Crippen LogP contribution in [0, 0.1) is 6.92 Å². The lowest BCUT2D eigenvalue weighted by Gasteiger charge is -2.37.